The Labute approximate surface area is 148 Å². The van der Waals surface area contributed by atoms with Crippen molar-refractivity contribution in [1.82, 2.24) is 10.6 Å². The van der Waals surface area contributed by atoms with E-state index in [-0.39, 0.29) is 49.1 Å². The Bertz CT molecular complexity index is 723. The molecule has 1 aromatic rings. The van der Waals surface area contributed by atoms with Crippen LogP contribution >= 0.6 is 0 Å². The van der Waals surface area contributed by atoms with Crippen LogP contribution in [0, 0.1) is 11.6 Å². The van der Waals surface area contributed by atoms with Crippen molar-refractivity contribution < 1.29 is 27.9 Å². The van der Waals surface area contributed by atoms with Crippen LogP contribution < -0.4 is 15.5 Å². The first-order valence-electron chi connectivity index (χ1n) is 8.33. The van der Waals surface area contributed by atoms with Gasteiger partial charge in [-0.05, 0) is 18.6 Å². The molecule has 3 rings (SSSR count). The largest absolute Gasteiger partial charge is 0.442 e. The van der Waals surface area contributed by atoms with Crippen LogP contribution in [0.4, 0.5) is 19.3 Å². The van der Waals surface area contributed by atoms with Crippen molar-refractivity contribution in [2.45, 2.75) is 31.8 Å². The van der Waals surface area contributed by atoms with Crippen molar-refractivity contribution in [3.8, 4) is 0 Å². The van der Waals surface area contributed by atoms with Gasteiger partial charge < -0.3 is 15.4 Å². The minimum atomic E-state index is -0.765. The second kappa shape index (κ2) is 7.27. The summed E-state index contributed by atoms with van der Waals surface area (Å²) in [5, 5.41) is 5.13. The van der Waals surface area contributed by atoms with Gasteiger partial charge >= 0.3 is 6.09 Å². The standard InChI is InChI=1S/C17H19F2N3O4/c1-9(23)20-7-12-8-22(17(25)26-12)11-4-13(18)16(14(19)5-11)10-2-3-15(24)21-6-10/h4-5,10,12H,2-3,6-8H2,1H3,(H,20,23)(H,21,24)/t10?,12-/m0/s1. The first kappa shape index (κ1) is 18.1. The molecule has 3 amide bonds. The Hall–Kier alpha value is -2.71. The first-order valence-corrected chi connectivity index (χ1v) is 8.33. The Morgan fingerprint density at radius 2 is 2.04 bits per heavy atom. The molecule has 26 heavy (non-hydrogen) atoms. The smallest absolute Gasteiger partial charge is 0.414 e. The Kier molecular flexibility index (Phi) is 5.06. The van der Waals surface area contributed by atoms with E-state index in [1.165, 1.54) is 6.92 Å². The fraction of sp³-hybridized carbons (Fsp3) is 0.471. The average Bonchev–Trinajstić information content (AvgIpc) is 2.95. The summed E-state index contributed by atoms with van der Waals surface area (Å²) in [6, 6.07) is 2.19. The van der Waals surface area contributed by atoms with E-state index in [9.17, 15) is 23.2 Å². The highest BCUT2D eigenvalue weighted by Gasteiger charge is 2.34. The van der Waals surface area contributed by atoms with E-state index in [4.69, 9.17) is 4.74 Å². The van der Waals surface area contributed by atoms with E-state index in [1.807, 2.05) is 0 Å². The molecule has 0 bridgehead atoms. The maximum atomic E-state index is 14.5. The molecule has 7 nitrogen and oxygen atoms in total. The summed E-state index contributed by atoms with van der Waals surface area (Å²) in [4.78, 5) is 35.3. The van der Waals surface area contributed by atoms with Crippen molar-refractivity contribution in [1.29, 1.82) is 0 Å². The Morgan fingerprint density at radius 1 is 1.35 bits per heavy atom. The summed E-state index contributed by atoms with van der Waals surface area (Å²) in [6.45, 7) is 1.72. The lowest BCUT2D eigenvalue weighted by molar-refractivity contribution is -0.122. The van der Waals surface area contributed by atoms with Gasteiger partial charge in [-0.1, -0.05) is 0 Å². The van der Waals surface area contributed by atoms with Gasteiger partial charge in [-0.15, -0.1) is 0 Å². The number of cyclic esters (lactones) is 1. The number of halogens is 2. The zero-order chi connectivity index (χ0) is 18.8. The number of benzene rings is 1. The highest BCUT2D eigenvalue weighted by molar-refractivity contribution is 5.90. The van der Waals surface area contributed by atoms with Gasteiger partial charge in [0.25, 0.3) is 0 Å². The predicted molar refractivity (Wildman–Crippen MR) is 87.6 cm³/mol. The van der Waals surface area contributed by atoms with Gasteiger partial charge in [-0.2, -0.15) is 0 Å². The van der Waals surface area contributed by atoms with E-state index in [0.29, 0.717) is 6.42 Å². The van der Waals surface area contributed by atoms with E-state index in [2.05, 4.69) is 10.6 Å². The zero-order valence-electron chi connectivity index (χ0n) is 14.2. The third-order valence-corrected chi connectivity index (χ3v) is 4.50. The molecule has 1 aromatic carbocycles. The highest BCUT2D eigenvalue weighted by atomic mass is 19.1. The fourth-order valence-electron chi connectivity index (χ4n) is 3.19. The second-order valence-electron chi connectivity index (χ2n) is 6.42. The Morgan fingerprint density at radius 3 is 2.62 bits per heavy atom. The molecular weight excluding hydrogens is 348 g/mol. The third kappa shape index (κ3) is 3.76. The number of rotatable bonds is 4. The molecule has 0 saturated carbocycles. The summed E-state index contributed by atoms with van der Waals surface area (Å²) in [5.74, 6) is -2.37. The van der Waals surface area contributed by atoms with Gasteiger partial charge in [0.05, 0.1) is 18.8 Å². The number of carbonyl (C=O) groups excluding carboxylic acids is 3. The number of piperidine rings is 1. The van der Waals surface area contributed by atoms with Crippen molar-refractivity contribution in [3.63, 3.8) is 0 Å². The van der Waals surface area contributed by atoms with Crippen LogP contribution in [0.3, 0.4) is 0 Å². The normalized spacial score (nSPS) is 22.8. The lowest BCUT2D eigenvalue weighted by Crippen LogP contribution is -2.34. The van der Waals surface area contributed by atoms with Gasteiger partial charge in [0.15, 0.2) is 0 Å². The van der Waals surface area contributed by atoms with Crippen molar-refractivity contribution in [2.24, 2.45) is 0 Å². The monoisotopic (exact) mass is 367 g/mol. The van der Waals surface area contributed by atoms with Gasteiger partial charge in [0.2, 0.25) is 11.8 Å². The molecular formula is C17H19F2N3O4. The van der Waals surface area contributed by atoms with Crippen molar-refractivity contribution >= 4 is 23.6 Å². The van der Waals surface area contributed by atoms with Crippen LogP contribution in [-0.4, -0.2) is 43.6 Å². The molecule has 9 heteroatoms. The molecule has 2 atom stereocenters. The molecule has 2 saturated heterocycles. The molecule has 0 spiro atoms. The number of carbonyl (C=O) groups is 3. The maximum absolute atomic E-state index is 14.5. The van der Waals surface area contributed by atoms with E-state index in [1.54, 1.807) is 0 Å². The summed E-state index contributed by atoms with van der Waals surface area (Å²) in [5.41, 5.74) is -0.0324. The summed E-state index contributed by atoms with van der Waals surface area (Å²) in [6.07, 6.45) is -0.736. The van der Waals surface area contributed by atoms with Gasteiger partial charge in [0.1, 0.15) is 17.7 Å². The number of nitrogens with zero attached hydrogens (tertiary/aromatic N) is 1. The van der Waals surface area contributed by atoms with Crippen LogP contribution in [-0.2, 0) is 14.3 Å². The molecule has 2 aliphatic heterocycles. The zero-order valence-corrected chi connectivity index (χ0v) is 14.2. The lowest BCUT2D eigenvalue weighted by atomic mass is 9.90. The van der Waals surface area contributed by atoms with Crippen LogP contribution in [0.25, 0.3) is 0 Å². The van der Waals surface area contributed by atoms with Crippen LogP contribution in [0.1, 0.15) is 31.2 Å². The molecule has 0 aliphatic carbocycles. The minimum Gasteiger partial charge on any atom is -0.442 e. The van der Waals surface area contributed by atoms with Crippen LogP contribution in [0.5, 0.6) is 0 Å². The molecule has 2 N–H and O–H groups in total. The van der Waals surface area contributed by atoms with Gasteiger partial charge in [-0.3, -0.25) is 14.5 Å². The molecule has 0 radical (unpaired) electrons. The average molecular weight is 367 g/mol. The van der Waals surface area contributed by atoms with E-state index < -0.39 is 29.7 Å². The van der Waals surface area contributed by atoms with Gasteiger partial charge in [-0.25, -0.2) is 13.6 Å². The van der Waals surface area contributed by atoms with Gasteiger partial charge in [0, 0.05) is 31.4 Å². The molecule has 1 unspecified atom stereocenters. The molecule has 2 aliphatic rings. The number of amides is 3. The number of anilines is 1. The number of nitrogens with one attached hydrogen (secondary N) is 2. The molecule has 140 valence electrons. The van der Waals surface area contributed by atoms with Crippen molar-refractivity contribution in [3.05, 3.63) is 29.3 Å². The highest BCUT2D eigenvalue weighted by Crippen LogP contribution is 2.32. The number of hydrogen-bond donors (Lipinski definition) is 2. The third-order valence-electron chi connectivity index (χ3n) is 4.50. The van der Waals surface area contributed by atoms with Crippen molar-refractivity contribution in [2.75, 3.05) is 24.5 Å². The molecule has 2 heterocycles. The van der Waals surface area contributed by atoms with Crippen LogP contribution in [0.2, 0.25) is 0 Å². The summed E-state index contributed by atoms with van der Waals surface area (Å²) >= 11 is 0. The summed E-state index contributed by atoms with van der Waals surface area (Å²) < 4.78 is 34.2. The maximum Gasteiger partial charge on any atom is 0.414 e. The number of hydrogen-bond acceptors (Lipinski definition) is 4. The lowest BCUT2D eigenvalue weighted by Gasteiger charge is -2.24. The second-order valence-corrected chi connectivity index (χ2v) is 6.42. The summed E-state index contributed by atoms with van der Waals surface area (Å²) in [7, 11) is 0. The van der Waals surface area contributed by atoms with E-state index in [0.717, 1.165) is 17.0 Å². The SMILES string of the molecule is CC(=O)NC[C@H]1CN(c2cc(F)c(C3CCC(=O)NC3)c(F)c2)C(=O)O1. The topological polar surface area (TPSA) is 87.7 Å². The minimum absolute atomic E-state index is 0.0546. The Balaban J connectivity index is 1.76. The number of ether oxygens (including phenoxy) is 1. The first-order chi connectivity index (χ1) is 12.3. The molecule has 0 aromatic heterocycles. The van der Waals surface area contributed by atoms with Crippen LogP contribution in [0.15, 0.2) is 12.1 Å². The fourth-order valence-corrected chi connectivity index (χ4v) is 3.19. The van der Waals surface area contributed by atoms with E-state index >= 15 is 0 Å². The predicted octanol–water partition coefficient (Wildman–Crippen LogP) is 1.42. The quantitative estimate of drug-likeness (QED) is 0.843. The molecule has 2 fully saturated rings.